The van der Waals surface area contributed by atoms with Gasteiger partial charge in [-0.05, 0) is 13.8 Å². The molecule has 0 spiro atoms. The van der Waals surface area contributed by atoms with Crippen LogP contribution in [0.5, 0.6) is 0 Å². The van der Waals surface area contributed by atoms with Crippen LogP contribution >= 0.6 is 0 Å². The van der Waals surface area contributed by atoms with Crippen LogP contribution in [0.15, 0.2) is 0 Å². The standard InChI is InChI=1S/C11H14N2O3/c1-5-7-13(8-9(14)15)10(16)12-11(3,4)6-2/h1-2H,7-8H2,3-4H3,(H,12,16)(H,14,15). The van der Waals surface area contributed by atoms with Gasteiger partial charge in [0.05, 0.1) is 12.1 Å². The van der Waals surface area contributed by atoms with E-state index in [9.17, 15) is 9.59 Å². The van der Waals surface area contributed by atoms with Crippen LogP contribution in [0.2, 0.25) is 0 Å². The molecule has 0 unspecified atom stereocenters. The van der Waals surface area contributed by atoms with E-state index in [-0.39, 0.29) is 6.54 Å². The number of hydrogen-bond acceptors (Lipinski definition) is 2. The van der Waals surface area contributed by atoms with Crippen molar-refractivity contribution in [2.45, 2.75) is 19.4 Å². The first-order valence-corrected chi connectivity index (χ1v) is 4.52. The van der Waals surface area contributed by atoms with E-state index in [1.165, 1.54) is 0 Å². The maximum absolute atomic E-state index is 11.6. The number of nitrogens with zero attached hydrogens (tertiary/aromatic N) is 1. The summed E-state index contributed by atoms with van der Waals surface area (Å²) in [5, 5.41) is 11.1. The zero-order chi connectivity index (χ0) is 12.8. The second-order valence-corrected chi connectivity index (χ2v) is 3.65. The van der Waals surface area contributed by atoms with Gasteiger partial charge >= 0.3 is 12.0 Å². The molecular weight excluding hydrogens is 208 g/mol. The Morgan fingerprint density at radius 3 is 2.38 bits per heavy atom. The number of rotatable bonds is 4. The van der Waals surface area contributed by atoms with Crippen LogP contribution in [0.4, 0.5) is 4.79 Å². The Bertz CT molecular complexity index is 360. The Morgan fingerprint density at radius 2 is 2.00 bits per heavy atom. The molecule has 0 aromatic rings. The van der Waals surface area contributed by atoms with Gasteiger partial charge in [0.15, 0.2) is 0 Å². The number of carboxylic acids is 1. The van der Waals surface area contributed by atoms with E-state index in [0.717, 1.165) is 4.90 Å². The SMILES string of the molecule is C#CCN(CC(=O)O)C(=O)NC(C)(C)C#C. The van der Waals surface area contributed by atoms with E-state index >= 15 is 0 Å². The van der Waals surface area contributed by atoms with Gasteiger partial charge in [-0.1, -0.05) is 11.8 Å². The highest BCUT2D eigenvalue weighted by Crippen LogP contribution is 2.01. The van der Waals surface area contributed by atoms with Crippen molar-refractivity contribution in [2.75, 3.05) is 13.1 Å². The van der Waals surface area contributed by atoms with Gasteiger partial charge in [-0.25, -0.2) is 4.79 Å². The summed E-state index contributed by atoms with van der Waals surface area (Å²) in [6, 6.07) is -0.594. The third-order valence-corrected chi connectivity index (χ3v) is 1.68. The van der Waals surface area contributed by atoms with Gasteiger partial charge in [0, 0.05) is 0 Å². The van der Waals surface area contributed by atoms with Crippen LogP contribution in [-0.4, -0.2) is 40.6 Å². The van der Waals surface area contributed by atoms with E-state index in [1.54, 1.807) is 13.8 Å². The van der Waals surface area contributed by atoms with Crippen molar-refractivity contribution in [3.05, 3.63) is 0 Å². The van der Waals surface area contributed by atoms with Gasteiger partial charge in [-0.3, -0.25) is 4.79 Å². The maximum Gasteiger partial charge on any atom is 0.323 e. The zero-order valence-corrected chi connectivity index (χ0v) is 9.28. The molecule has 86 valence electrons. The predicted molar refractivity (Wildman–Crippen MR) is 59.5 cm³/mol. The third kappa shape index (κ3) is 4.92. The van der Waals surface area contributed by atoms with Crippen molar-refractivity contribution in [1.29, 1.82) is 0 Å². The summed E-state index contributed by atoms with van der Waals surface area (Å²) >= 11 is 0. The van der Waals surface area contributed by atoms with E-state index in [4.69, 9.17) is 18.0 Å². The van der Waals surface area contributed by atoms with Crippen LogP contribution < -0.4 is 5.32 Å². The highest BCUT2D eigenvalue weighted by molar-refractivity contribution is 5.81. The number of amides is 2. The summed E-state index contributed by atoms with van der Waals surface area (Å²) < 4.78 is 0. The zero-order valence-electron chi connectivity index (χ0n) is 9.28. The summed E-state index contributed by atoms with van der Waals surface area (Å²) in [5.41, 5.74) is -0.845. The molecule has 2 N–H and O–H groups in total. The van der Waals surface area contributed by atoms with E-state index in [1.807, 2.05) is 0 Å². The minimum absolute atomic E-state index is 0.0845. The molecule has 0 aliphatic rings. The maximum atomic E-state index is 11.6. The van der Waals surface area contributed by atoms with E-state index in [2.05, 4.69) is 17.2 Å². The van der Waals surface area contributed by atoms with Gasteiger partial charge < -0.3 is 15.3 Å². The van der Waals surface area contributed by atoms with Crippen molar-refractivity contribution in [1.82, 2.24) is 10.2 Å². The van der Waals surface area contributed by atoms with E-state index in [0.29, 0.717) is 0 Å². The molecule has 0 aliphatic heterocycles. The van der Waals surface area contributed by atoms with Gasteiger partial charge in [0.1, 0.15) is 6.54 Å². The van der Waals surface area contributed by atoms with Crippen molar-refractivity contribution < 1.29 is 14.7 Å². The fourth-order valence-corrected chi connectivity index (χ4v) is 0.855. The summed E-state index contributed by atoms with van der Waals surface area (Å²) in [6.07, 6.45) is 10.2. The molecule has 0 atom stereocenters. The fourth-order valence-electron chi connectivity index (χ4n) is 0.855. The van der Waals surface area contributed by atoms with Crippen molar-refractivity contribution in [2.24, 2.45) is 0 Å². The van der Waals surface area contributed by atoms with Crippen molar-refractivity contribution >= 4 is 12.0 Å². The molecule has 0 rings (SSSR count). The molecule has 0 saturated heterocycles. The third-order valence-electron chi connectivity index (χ3n) is 1.68. The Kier molecular flexibility index (Phi) is 4.91. The molecule has 0 fully saturated rings. The predicted octanol–water partition coefficient (Wildman–Crippen LogP) is 0.128. The highest BCUT2D eigenvalue weighted by Gasteiger charge is 2.22. The molecular formula is C11H14N2O3. The largest absolute Gasteiger partial charge is 0.480 e. The molecule has 16 heavy (non-hydrogen) atoms. The average molecular weight is 222 g/mol. The van der Waals surface area contributed by atoms with Gasteiger partial charge in [-0.15, -0.1) is 12.8 Å². The number of terminal acetylenes is 2. The van der Waals surface area contributed by atoms with Gasteiger partial charge in [0.2, 0.25) is 0 Å². The molecule has 0 aromatic carbocycles. The van der Waals surface area contributed by atoms with E-state index < -0.39 is 24.1 Å². The Balaban J connectivity index is 4.59. The quantitative estimate of drug-likeness (QED) is 0.664. The second kappa shape index (κ2) is 5.67. The lowest BCUT2D eigenvalue weighted by atomic mass is 10.1. The lowest BCUT2D eigenvalue weighted by Gasteiger charge is -2.25. The number of carboxylic acid groups (broad SMARTS) is 1. The summed E-state index contributed by atoms with van der Waals surface area (Å²) in [7, 11) is 0. The number of nitrogens with one attached hydrogen (secondary N) is 1. The molecule has 0 aliphatic carbocycles. The summed E-state index contributed by atoms with van der Waals surface area (Å²) in [4.78, 5) is 23.1. The number of urea groups is 1. The van der Waals surface area contributed by atoms with Gasteiger partial charge in [0.25, 0.3) is 0 Å². The normalized spacial score (nSPS) is 9.75. The lowest BCUT2D eigenvalue weighted by Crippen LogP contribution is -2.50. The molecule has 0 radical (unpaired) electrons. The van der Waals surface area contributed by atoms with Crippen molar-refractivity contribution in [3.8, 4) is 24.7 Å². The average Bonchev–Trinajstić information content (AvgIpc) is 2.16. The topological polar surface area (TPSA) is 69.6 Å². The first-order valence-electron chi connectivity index (χ1n) is 4.52. The summed E-state index contributed by atoms with van der Waals surface area (Å²) in [6.45, 7) is 2.70. The van der Waals surface area contributed by atoms with Crippen LogP contribution in [0.25, 0.3) is 0 Å². The molecule has 5 heteroatoms. The fraction of sp³-hybridized carbons (Fsp3) is 0.455. The minimum Gasteiger partial charge on any atom is -0.480 e. The van der Waals surface area contributed by atoms with Crippen LogP contribution in [0.3, 0.4) is 0 Å². The smallest absolute Gasteiger partial charge is 0.323 e. The molecule has 0 bridgehead atoms. The van der Waals surface area contributed by atoms with Crippen molar-refractivity contribution in [3.63, 3.8) is 0 Å². The second-order valence-electron chi connectivity index (χ2n) is 3.65. The molecule has 5 nitrogen and oxygen atoms in total. The first-order chi connectivity index (χ1) is 7.32. The Hall–Kier alpha value is -2.14. The number of hydrogen-bond donors (Lipinski definition) is 2. The molecule has 0 saturated carbocycles. The molecule has 0 heterocycles. The van der Waals surface area contributed by atoms with Gasteiger partial charge in [-0.2, -0.15) is 0 Å². The number of carbonyl (C=O) groups is 2. The number of carbonyl (C=O) groups excluding carboxylic acids is 1. The summed E-state index contributed by atoms with van der Waals surface area (Å²) in [5.74, 6) is 3.44. The first kappa shape index (κ1) is 13.9. The van der Waals surface area contributed by atoms with Crippen LogP contribution in [0, 0.1) is 24.7 Å². The minimum atomic E-state index is -1.14. The Labute approximate surface area is 94.8 Å². The highest BCUT2D eigenvalue weighted by atomic mass is 16.4. The molecule has 2 amide bonds. The van der Waals surface area contributed by atoms with Crippen LogP contribution in [0.1, 0.15) is 13.8 Å². The lowest BCUT2D eigenvalue weighted by molar-refractivity contribution is -0.137. The Morgan fingerprint density at radius 1 is 1.44 bits per heavy atom. The molecule has 0 aromatic heterocycles. The monoisotopic (exact) mass is 222 g/mol. The number of aliphatic carboxylic acids is 1. The van der Waals surface area contributed by atoms with Crippen LogP contribution in [-0.2, 0) is 4.79 Å².